The maximum atomic E-state index is 12.4. The first-order valence-corrected chi connectivity index (χ1v) is 6.93. The zero-order valence-corrected chi connectivity index (χ0v) is 12.2. The number of hydrogen-bond donors (Lipinski definition) is 1. The zero-order chi connectivity index (χ0) is 14.8. The quantitative estimate of drug-likeness (QED) is 0.759. The Bertz CT molecular complexity index is 813. The van der Waals surface area contributed by atoms with E-state index in [0.717, 1.165) is 16.5 Å². The minimum Gasteiger partial charge on any atom is -0.322 e. The molecule has 0 bridgehead atoms. The second-order valence-electron chi connectivity index (χ2n) is 4.82. The van der Waals surface area contributed by atoms with Crippen LogP contribution >= 0.6 is 11.6 Å². The minimum atomic E-state index is -0.151. The van der Waals surface area contributed by atoms with Gasteiger partial charge in [0.05, 0.1) is 5.52 Å². The molecule has 21 heavy (non-hydrogen) atoms. The summed E-state index contributed by atoms with van der Waals surface area (Å²) in [5.41, 5.74) is 3.06. The Balaban J connectivity index is 1.93. The molecule has 3 nitrogen and oxygen atoms in total. The van der Waals surface area contributed by atoms with Crippen LogP contribution in [0.3, 0.4) is 0 Å². The molecule has 1 aromatic heterocycles. The number of benzene rings is 2. The second-order valence-corrected chi connectivity index (χ2v) is 5.26. The predicted molar refractivity (Wildman–Crippen MR) is 85.9 cm³/mol. The highest BCUT2D eigenvalue weighted by Gasteiger charge is 2.11. The maximum Gasteiger partial charge on any atom is 0.256 e. The van der Waals surface area contributed by atoms with E-state index in [2.05, 4.69) is 10.3 Å². The van der Waals surface area contributed by atoms with Crippen molar-refractivity contribution in [2.24, 2.45) is 0 Å². The van der Waals surface area contributed by atoms with Crippen molar-refractivity contribution in [2.45, 2.75) is 6.92 Å². The highest BCUT2D eigenvalue weighted by molar-refractivity contribution is 6.30. The first-order chi connectivity index (χ1) is 10.1. The number of pyridine rings is 1. The summed E-state index contributed by atoms with van der Waals surface area (Å²) in [4.78, 5) is 16.7. The van der Waals surface area contributed by atoms with Gasteiger partial charge in [-0.05, 0) is 55.0 Å². The lowest BCUT2D eigenvalue weighted by molar-refractivity contribution is 0.102. The number of nitrogens with one attached hydrogen (secondary N) is 1. The first-order valence-electron chi connectivity index (χ1n) is 6.56. The molecular formula is C17H13ClN2O. The molecule has 1 heterocycles. The van der Waals surface area contributed by atoms with Gasteiger partial charge in [0.15, 0.2) is 0 Å². The normalized spacial score (nSPS) is 10.6. The van der Waals surface area contributed by atoms with Gasteiger partial charge >= 0.3 is 0 Å². The molecule has 0 aliphatic heterocycles. The molecule has 0 unspecified atom stereocenters. The summed E-state index contributed by atoms with van der Waals surface area (Å²) < 4.78 is 0. The van der Waals surface area contributed by atoms with Crippen molar-refractivity contribution < 1.29 is 4.79 Å². The topological polar surface area (TPSA) is 42.0 Å². The molecule has 3 aromatic rings. The van der Waals surface area contributed by atoms with E-state index < -0.39 is 0 Å². The van der Waals surface area contributed by atoms with E-state index in [0.29, 0.717) is 16.3 Å². The summed E-state index contributed by atoms with van der Waals surface area (Å²) in [5.74, 6) is -0.151. The number of aryl methyl sites for hydroxylation is 1. The number of hydrogen-bond acceptors (Lipinski definition) is 2. The lowest BCUT2D eigenvalue weighted by atomic mass is 10.0. The standard InChI is InChI=1S/C17H13ClN2O/c1-11-9-12-3-2-8-19-16(12)10-15(11)17(21)20-14-6-4-13(18)5-7-14/h2-10H,1H3,(H,20,21). The fraction of sp³-hybridized carbons (Fsp3) is 0.0588. The van der Waals surface area contributed by atoms with Crippen LogP contribution in [0.15, 0.2) is 54.7 Å². The summed E-state index contributed by atoms with van der Waals surface area (Å²) in [7, 11) is 0. The Kier molecular flexibility index (Phi) is 3.59. The SMILES string of the molecule is Cc1cc2cccnc2cc1C(=O)Nc1ccc(Cl)cc1. The van der Waals surface area contributed by atoms with Gasteiger partial charge in [-0.1, -0.05) is 17.7 Å². The van der Waals surface area contributed by atoms with Gasteiger partial charge in [0.2, 0.25) is 0 Å². The van der Waals surface area contributed by atoms with Crippen molar-refractivity contribution in [2.75, 3.05) is 5.32 Å². The van der Waals surface area contributed by atoms with E-state index in [-0.39, 0.29) is 5.91 Å². The molecule has 0 saturated heterocycles. The predicted octanol–water partition coefficient (Wildman–Crippen LogP) is 4.45. The van der Waals surface area contributed by atoms with Crippen LogP contribution in [0.25, 0.3) is 10.9 Å². The molecule has 4 heteroatoms. The van der Waals surface area contributed by atoms with E-state index in [1.807, 2.05) is 31.2 Å². The number of carbonyl (C=O) groups is 1. The smallest absolute Gasteiger partial charge is 0.256 e. The van der Waals surface area contributed by atoms with E-state index in [1.54, 1.807) is 30.5 Å². The van der Waals surface area contributed by atoms with Gasteiger partial charge in [0.1, 0.15) is 0 Å². The Labute approximate surface area is 127 Å². The number of amides is 1. The van der Waals surface area contributed by atoms with Crippen molar-refractivity contribution in [3.63, 3.8) is 0 Å². The third-order valence-electron chi connectivity index (χ3n) is 3.30. The molecule has 2 aromatic carbocycles. The summed E-state index contributed by atoms with van der Waals surface area (Å²) >= 11 is 5.83. The average Bonchev–Trinajstić information content (AvgIpc) is 2.49. The molecule has 0 saturated carbocycles. The van der Waals surface area contributed by atoms with Crippen molar-refractivity contribution in [3.8, 4) is 0 Å². The van der Waals surface area contributed by atoms with Crippen molar-refractivity contribution >= 4 is 34.1 Å². The van der Waals surface area contributed by atoms with E-state index in [1.165, 1.54) is 0 Å². The van der Waals surface area contributed by atoms with Crippen molar-refractivity contribution in [1.82, 2.24) is 4.98 Å². The molecule has 0 aliphatic rings. The van der Waals surface area contributed by atoms with Gasteiger partial charge in [-0.15, -0.1) is 0 Å². The summed E-state index contributed by atoms with van der Waals surface area (Å²) in [6, 6.07) is 14.7. The molecule has 0 radical (unpaired) electrons. The van der Waals surface area contributed by atoms with Crippen LogP contribution in [0.5, 0.6) is 0 Å². The van der Waals surface area contributed by atoms with Crippen LogP contribution in [0.1, 0.15) is 15.9 Å². The number of halogens is 1. The fourth-order valence-corrected chi connectivity index (χ4v) is 2.34. The number of rotatable bonds is 2. The van der Waals surface area contributed by atoms with Gasteiger partial charge in [-0.3, -0.25) is 9.78 Å². The van der Waals surface area contributed by atoms with Gasteiger partial charge in [-0.25, -0.2) is 0 Å². The van der Waals surface area contributed by atoms with Crippen LogP contribution in [0.2, 0.25) is 5.02 Å². The van der Waals surface area contributed by atoms with Crippen LogP contribution in [0.4, 0.5) is 5.69 Å². The molecule has 0 spiro atoms. The number of aromatic nitrogens is 1. The fourth-order valence-electron chi connectivity index (χ4n) is 2.21. The Morgan fingerprint density at radius 3 is 2.67 bits per heavy atom. The van der Waals surface area contributed by atoms with Crippen molar-refractivity contribution in [1.29, 1.82) is 0 Å². The largest absolute Gasteiger partial charge is 0.322 e. The lowest BCUT2D eigenvalue weighted by Crippen LogP contribution is -2.13. The van der Waals surface area contributed by atoms with Gasteiger partial charge in [0, 0.05) is 27.9 Å². The van der Waals surface area contributed by atoms with E-state index >= 15 is 0 Å². The Morgan fingerprint density at radius 2 is 1.90 bits per heavy atom. The zero-order valence-electron chi connectivity index (χ0n) is 11.4. The average molecular weight is 297 g/mol. The molecule has 1 N–H and O–H groups in total. The second kappa shape index (κ2) is 5.54. The number of carbonyl (C=O) groups excluding carboxylic acids is 1. The minimum absolute atomic E-state index is 0.151. The van der Waals surface area contributed by atoms with Crippen LogP contribution in [0, 0.1) is 6.92 Å². The maximum absolute atomic E-state index is 12.4. The van der Waals surface area contributed by atoms with Crippen LogP contribution < -0.4 is 5.32 Å². The van der Waals surface area contributed by atoms with E-state index in [9.17, 15) is 4.79 Å². The van der Waals surface area contributed by atoms with Crippen LogP contribution in [-0.2, 0) is 0 Å². The summed E-state index contributed by atoms with van der Waals surface area (Å²) in [6.07, 6.45) is 1.72. The lowest BCUT2D eigenvalue weighted by Gasteiger charge is -2.09. The van der Waals surface area contributed by atoms with Gasteiger partial charge < -0.3 is 5.32 Å². The number of nitrogens with zero attached hydrogens (tertiary/aromatic N) is 1. The van der Waals surface area contributed by atoms with Gasteiger partial charge in [-0.2, -0.15) is 0 Å². The molecule has 104 valence electrons. The number of fused-ring (bicyclic) bond motifs is 1. The summed E-state index contributed by atoms with van der Waals surface area (Å²) in [6.45, 7) is 1.92. The van der Waals surface area contributed by atoms with Gasteiger partial charge in [0.25, 0.3) is 5.91 Å². The molecule has 0 atom stereocenters. The summed E-state index contributed by atoms with van der Waals surface area (Å²) in [5, 5.41) is 4.53. The van der Waals surface area contributed by atoms with E-state index in [4.69, 9.17) is 11.6 Å². The molecule has 0 aliphatic carbocycles. The Hall–Kier alpha value is -2.39. The highest BCUT2D eigenvalue weighted by Crippen LogP contribution is 2.20. The molecular weight excluding hydrogens is 284 g/mol. The number of anilines is 1. The third kappa shape index (κ3) is 2.88. The van der Waals surface area contributed by atoms with Crippen molar-refractivity contribution in [3.05, 3.63) is 70.9 Å². The Morgan fingerprint density at radius 1 is 1.14 bits per heavy atom. The first kappa shape index (κ1) is 13.6. The van der Waals surface area contributed by atoms with Crippen LogP contribution in [-0.4, -0.2) is 10.9 Å². The molecule has 3 rings (SSSR count). The monoisotopic (exact) mass is 296 g/mol. The molecule has 0 fully saturated rings. The highest BCUT2D eigenvalue weighted by atomic mass is 35.5. The third-order valence-corrected chi connectivity index (χ3v) is 3.55. The molecule has 1 amide bonds.